The molecule has 2 bridgehead atoms. The summed E-state index contributed by atoms with van der Waals surface area (Å²) in [7, 11) is -2.10. The normalized spacial score (nSPS) is 23.5. The van der Waals surface area contributed by atoms with E-state index in [2.05, 4.69) is 5.10 Å². The van der Waals surface area contributed by atoms with Gasteiger partial charge in [-0.1, -0.05) is 17.7 Å². The molecular weight excluding hydrogens is 364 g/mol. The molecule has 0 amide bonds. The summed E-state index contributed by atoms with van der Waals surface area (Å²) >= 11 is 6.19. The first-order chi connectivity index (χ1) is 11.8. The first-order valence-electron chi connectivity index (χ1n) is 8.18. The maximum atomic E-state index is 13.2. The lowest BCUT2D eigenvalue weighted by Gasteiger charge is -2.41. The lowest BCUT2D eigenvalue weighted by Crippen LogP contribution is -2.49. The highest BCUT2D eigenvalue weighted by Gasteiger charge is 2.41. The number of hydrogen-bond donors (Lipinski definition) is 0. The van der Waals surface area contributed by atoms with Crippen LogP contribution in [0.5, 0.6) is 0 Å². The summed E-state index contributed by atoms with van der Waals surface area (Å²) in [6, 6.07) is 5.21. The Hall–Kier alpha value is -1.64. The third-order valence-electron chi connectivity index (χ3n) is 5.14. The van der Waals surface area contributed by atoms with Crippen LogP contribution in [-0.4, -0.2) is 40.2 Å². The fourth-order valence-electron chi connectivity index (χ4n) is 4.08. The molecule has 4 rings (SSSR count). The highest BCUT2D eigenvalue weighted by Crippen LogP contribution is 2.38. The quantitative estimate of drug-likeness (QED) is 0.785. The minimum Gasteiger partial charge on any atom is -0.312 e. The molecule has 1 fully saturated rings. The van der Waals surface area contributed by atoms with E-state index in [1.54, 1.807) is 30.7 Å². The number of piperidine rings is 1. The maximum Gasteiger partial charge on any atom is 0.250 e. The topological polar surface area (TPSA) is 77.2 Å². The van der Waals surface area contributed by atoms with Crippen LogP contribution in [0.15, 0.2) is 27.9 Å². The van der Waals surface area contributed by atoms with Gasteiger partial charge in [0.2, 0.25) is 10.0 Å². The van der Waals surface area contributed by atoms with Crippen LogP contribution in [0.25, 0.3) is 0 Å². The van der Waals surface area contributed by atoms with Gasteiger partial charge in [-0.25, -0.2) is 8.42 Å². The molecule has 25 heavy (non-hydrogen) atoms. The molecule has 1 saturated heterocycles. The summed E-state index contributed by atoms with van der Waals surface area (Å²) in [5.74, 6) is 0.142. The number of nitrogens with zero attached hydrogens (tertiary/aromatic N) is 4. The molecule has 7 nitrogen and oxygen atoms in total. The highest BCUT2D eigenvalue weighted by molar-refractivity contribution is 7.89. The first kappa shape index (κ1) is 16.8. The minimum absolute atomic E-state index is 0.0188. The van der Waals surface area contributed by atoms with Crippen LogP contribution in [0.3, 0.4) is 0 Å². The van der Waals surface area contributed by atoms with Crippen molar-refractivity contribution in [2.45, 2.75) is 30.7 Å². The third-order valence-corrected chi connectivity index (χ3v) is 7.67. The van der Waals surface area contributed by atoms with E-state index in [9.17, 15) is 13.2 Å². The van der Waals surface area contributed by atoms with E-state index >= 15 is 0 Å². The molecule has 0 aromatic carbocycles. The Kier molecular flexibility index (Phi) is 3.82. The molecule has 2 aromatic rings. The Balaban J connectivity index is 1.74. The van der Waals surface area contributed by atoms with Crippen LogP contribution in [-0.2, 0) is 23.6 Å². The zero-order chi connectivity index (χ0) is 17.9. The van der Waals surface area contributed by atoms with E-state index in [1.165, 1.54) is 8.99 Å². The molecule has 2 aliphatic rings. The Bertz CT molecular complexity index is 1010. The molecule has 2 aromatic heterocycles. The number of pyridine rings is 1. The van der Waals surface area contributed by atoms with E-state index in [4.69, 9.17) is 11.6 Å². The van der Waals surface area contributed by atoms with Crippen molar-refractivity contribution < 1.29 is 8.42 Å². The minimum atomic E-state index is -3.73. The van der Waals surface area contributed by atoms with Crippen LogP contribution in [0, 0.1) is 12.8 Å². The van der Waals surface area contributed by atoms with Gasteiger partial charge in [0.1, 0.15) is 10.0 Å². The number of halogens is 1. The smallest absolute Gasteiger partial charge is 0.250 e. The van der Waals surface area contributed by atoms with E-state index in [-0.39, 0.29) is 27.4 Å². The van der Waals surface area contributed by atoms with Gasteiger partial charge in [-0.15, -0.1) is 0 Å². The van der Waals surface area contributed by atoms with Gasteiger partial charge < -0.3 is 4.57 Å². The Morgan fingerprint density at radius 2 is 2.00 bits per heavy atom. The van der Waals surface area contributed by atoms with Gasteiger partial charge in [0, 0.05) is 44.4 Å². The third kappa shape index (κ3) is 2.54. The molecule has 2 unspecified atom stereocenters. The fraction of sp³-hybridized carbons (Fsp3) is 0.500. The summed E-state index contributed by atoms with van der Waals surface area (Å²) in [6.07, 6.45) is 0.898. The Morgan fingerprint density at radius 1 is 1.24 bits per heavy atom. The second-order valence-corrected chi connectivity index (χ2v) is 9.08. The van der Waals surface area contributed by atoms with Crippen molar-refractivity contribution >= 4 is 21.6 Å². The lowest BCUT2D eigenvalue weighted by molar-refractivity contribution is 0.186. The molecule has 0 aliphatic carbocycles. The van der Waals surface area contributed by atoms with Crippen molar-refractivity contribution in [1.82, 2.24) is 18.7 Å². The highest BCUT2D eigenvalue weighted by atomic mass is 35.5. The van der Waals surface area contributed by atoms with Crippen LogP contribution in [0.4, 0.5) is 0 Å². The SMILES string of the molecule is Cc1nn(C)c(Cl)c1S(=O)(=O)N1CC2CC(C1)c1cccc(=O)n1C2. The Morgan fingerprint density at radius 3 is 2.68 bits per heavy atom. The number of rotatable bonds is 2. The van der Waals surface area contributed by atoms with Gasteiger partial charge in [-0.2, -0.15) is 9.40 Å². The summed E-state index contributed by atoms with van der Waals surface area (Å²) in [5, 5.41) is 4.25. The van der Waals surface area contributed by atoms with Gasteiger partial charge in [0.05, 0.1) is 5.69 Å². The predicted molar refractivity (Wildman–Crippen MR) is 93.3 cm³/mol. The molecule has 4 heterocycles. The molecule has 0 N–H and O–H groups in total. The van der Waals surface area contributed by atoms with Crippen LogP contribution in [0.1, 0.15) is 23.7 Å². The molecule has 2 aliphatic heterocycles. The number of aryl methyl sites for hydroxylation is 2. The standard InChI is InChI=1S/C16H19ClN4O3S/c1-10-15(16(17)19(2)18-10)25(23,24)20-7-11-6-12(9-20)13-4-3-5-14(22)21(13)8-11/h3-5,11-12H,6-9H2,1-2H3. The Labute approximate surface area is 150 Å². The molecule has 2 atom stereocenters. The molecule has 134 valence electrons. The van der Waals surface area contributed by atoms with Crippen molar-refractivity contribution in [3.05, 3.63) is 45.1 Å². The zero-order valence-corrected chi connectivity index (χ0v) is 15.6. The van der Waals surface area contributed by atoms with Crippen LogP contribution < -0.4 is 5.56 Å². The number of aromatic nitrogens is 3. The number of sulfonamides is 1. The molecule has 0 saturated carbocycles. The van der Waals surface area contributed by atoms with E-state index in [0.29, 0.717) is 25.3 Å². The van der Waals surface area contributed by atoms with Crippen LogP contribution >= 0.6 is 11.6 Å². The van der Waals surface area contributed by atoms with Crippen molar-refractivity contribution in [3.63, 3.8) is 0 Å². The monoisotopic (exact) mass is 382 g/mol. The van der Waals surface area contributed by atoms with Crippen molar-refractivity contribution in [2.75, 3.05) is 13.1 Å². The van der Waals surface area contributed by atoms with Gasteiger partial charge in [-0.05, 0) is 25.3 Å². The van der Waals surface area contributed by atoms with Crippen LogP contribution in [0.2, 0.25) is 5.15 Å². The van der Waals surface area contributed by atoms with Crippen molar-refractivity contribution in [3.8, 4) is 0 Å². The molecule has 0 spiro atoms. The molecular formula is C16H19ClN4O3S. The molecule has 0 radical (unpaired) electrons. The van der Waals surface area contributed by atoms with Crippen molar-refractivity contribution in [1.29, 1.82) is 0 Å². The fourth-order valence-corrected chi connectivity index (χ4v) is 6.35. The predicted octanol–water partition coefficient (Wildman–Crippen LogP) is 1.35. The van der Waals surface area contributed by atoms with Gasteiger partial charge in [0.15, 0.2) is 0 Å². The summed E-state index contributed by atoms with van der Waals surface area (Å²) in [4.78, 5) is 12.2. The first-order valence-corrected chi connectivity index (χ1v) is 10.00. The summed E-state index contributed by atoms with van der Waals surface area (Å²) in [6.45, 7) is 2.95. The van der Waals surface area contributed by atoms with Gasteiger partial charge >= 0.3 is 0 Å². The van der Waals surface area contributed by atoms with E-state index in [0.717, 1.165) is 12.1 Å². The van der Waals surface area contributed by atoms with Crippen molar-refractivity contribution in [2.24, 2.45) is 13.0 Å². The summed E-state index contributed by atoms with van der Waals surface area (Å²) in [5.41, 5.74) is 1.30. The average Bonchev–Trinajstić information content (AvgIpc) is 2.81. The number of hydrogen-bond acceptors (Lipinski definition) is 4. The largest absolute Gasteiger partial charge is 0.312 e. The zero-order valence-electron chi connectivity index (χ0n) is 14.0. The summed E-state index contributed by atoms with van der Waals surface area (Å²) < 4.78 is 31.0. The lowest BCUT2D eigenvalue weighted by atomic mass is 9.84. The van der Waals surface area contributed by atoms with Gasteiger partial charge in [-0.3, -0.25) is 9.48 Å². The van der Waals surface area contributed by atoms with Gasteiger partial charge in [0.25, 0.3) is 5.56 Å². The second kappa shape index (κ2) is 5.69. The van der Waals surface area contributed by atoms with E-state index in [1.807, 2.05) is 6.07 Å². The van der Waals surface area contributed by atoms with E-state index < -0.39 is 10.0 Å². The second-order valence-electron chi connectivity index (χ2n) is 6.85. The number of fused-ring (bicyclic) bond motifs is 4. The molecule has 9 heteroatoms. The average molecular weight is 383 g/mol. The maximum absolute atomic E-state index is 13.2.